The van der Waals surface area contributed by atoms with Crippen molar-refractivity contribution < 1.29 is 9.59 Å². The summed E-state index contributed by atoms with van der Waals surface area (Å²) >= 11 is 1.16. The van der Waals surface area contributed by atoms with Crippen LogP contribution in [0.3, 0.4) is 0 Å². The van der Waals surface area contributed by atoms with Gasteiger partial charge in [0.25, 0.3) is 5.91 Å². The van der Waals surface area contributed by atoms with E-state index in [0.717, 1.165) is 33.4 Å². The molecule has 2 aromatic heterocycles. The highest BCUT2D eigenvalue weighted by molar-refractivity contribution is 7.20. The van der Waals surface area contributed by atoms with Gasteiger partial charge in [0, 0.05) is 18.1 Å². The molecule has 0 radical (unpaired) electrons. The third-order valence-corrected chi connectivity index (χ3v) is 5.11. The zero-order valence-corrected chi connectivity index (χ0v) is 16.1. The van der Waals surface area contributed by atoms with Gasteiger partial charge in [0.1, 0.15) is 5.00 Å². The van der Waals surface area contributed by atoms with Crippen LogP contribution in [0.5, 0.6) is 0 Å². The van der Waals surface area contributed by atoms with E-state index in [2.05, 4.69) is 20.6 Å². The Balaban J connectivity index is 1.54. The first kappa shape index (κ1) is 18.6. The number of nitrogens with two attached hydrogens (primary N) is 1. The third-order valence-electron chi connectivity index (χ3n) is 4.23. The summed E-state index contributed by atoms with van der Waals surface area (Å²) < 4.78 is 0. The van der Waals surface area contributed by atoms with Crippen LogP contribution < -0.4 is 16.4 Å². The Morgan fingerprint density at radius 1 is 1.00 bits per heavy atom. The van der Waals surface area contributed by atoms with Gasteiger partial charge in [-0.2, -0.15) is 0 Å². The van der Waals surface area contributed by atoms with Crippen LogP contribution in [-0.4, -0.2) is 21.8 Å². The number of primary amides is 1. The number of hydrogen-bond acceptors (Lipinski definition) is 6. The topological polar surface area (TPSA) is 110 Å². The van der Waals surface area contributed by atoms with Crippen molar-refractivity contribution in [1.29, 1.82) is 0 Å². The van der Waals surface area contributed by atoms with Crippen molar-refractivity contribution in [2.24, 2.45) is 5.73 Å². The first-order valence-electron chi connectivity index (χ1n) is 8.84. The van der Waals surface area contributed by atoms with Crippen LogP contribution in [0.25, 0.3) is 10.8 Å². The van der Waals surface area contributed by atoms with Crippen LogP contribution in [0.4, 0.5) is 15.8 Å². The van der Waals surface area contributed by atoms with E-state index in [1.807, 2.05) is 42.5 Å². The molecular weight excluding hydrogens is 386 g/mol. The number of hydrogen-bond donors (Lipinski definition) is 3. The second-order valence-electron chi connectivity index (χ2n) is 6.33. The molecule has 0 aliphatic carbocycles. The predicted octanol–water partition coefficient (Wildman–Crippen LogP) is 3.72. The number of carbonyl (C=O) groups is 2. The Bertz CT molecular complexity index is 1190. The number of aromatic nitrogens is 2. The number of pyridine rings is 1. The molecule has 8 heteroatoms. The zero-order chi connectivity index (χ0) is 20.2. The van der Waals surface area contributed by atoms with E-state index in [0.29, 0.717) is 10.1 Å². The van der Waals surface area contributed by atoms with Crippen molar-refractivity contribution in [2.75, 3.05) is 10.6 Å². The summed E-state index contributed by atoms with van der Waals surface area (Å²) in [5, 5.41) is 8.89. The van der Waals surface area contributed by atoms with Gasteiger partial charge >= 0.3 is 0 Å². The van der Waals surface area contributed by atoms with Crippen molar-refractivity contribution >= 4 is 49.7 Å². The SMILES string of the molecule is NC(=O)c1nc(Nc2ccc3ccccc3c2)sc1NC(=O)Cc1ccncc1. The maximum absolute atomic E-state index is 12.3. The highest BCUT2D eigenvalue weighted by Crippen LogP contribution is 2.31. The van der Waals surface area contributed by atoms with Gasteiger partial charge in [0.15, 0.2) is 10.8 Å². The lowest BCUT2D eigenvalue weighted by molar-refractivity contribution is -0.115. The molecule has 4 rings (SSSR count). The van der Waals surface area contributed by atoms with Gasteiger partial charge in [0.05, 0.1) is 6.42 Å². The van der Waals surface area contributed by atoms with E-state index in [9.17, 15) is 9.59 Å². The Morgan fingerprint density at radius 3 is 2.52 bits per heavy atom. The first-order valence-corrected chi connectivity index (χ1v) is 9.65. The highest BCUT2D eigenvalue weighted by Gasteiger charge is 2.18. The largest absolute Gasteiger partial charge is 0.364 e. The molecule has 4 N–H and O–H groups in total. The molecule has 0 unspecified atom stereocenters. The van der Waals surface area contributed by atoms with E-state index >= 15 is 0 Å². The third kappa shape index (κ3) is 4.39. The summed E-state index contributed by atoms with van der Waals surface area (Å²) in [6, 6.07) is 17.4. The minimum absolute atomic E-state index is 0.0290. The van der Waals surface area contributed by atoms with Gasteiger partial charge in [0.2, 0.25) is 5.91 Å². The molecule has 29 heavy (non-hydrogen) atoms. The van der Waals surface area contributed by atoms with E-state index < -0.39 is 5.91 Å². The van der Waals surface area contributed by atoms with Crippen molar-refractivity contribution in [1.82, 2.24) is 9.97 Å². The molecule has 0 atom stereocenters. The number of anilines is 3. The van der Waals surface area contributed by atoms with Crippen molar-refractivity contribution in [3.05, 3.63) is 78.2 Å². The van der Waals surface area contributed by atoms with Gasteiger partial charge in [-0.05, 0) is 40.6 Å². The van der Waals surface area contributed by atoms with Crippen LogP contribution in [0, 0.1) is 0 Å². The molecule has 144 valence electrons. The van der Waals surface area contributed by atoms with Gasteiger partial charge < -0.3 is 16.4 Å². The van der Waals surface area contributed by atoms with Crippen LogP contribution in [-0.2, 0) is 11.2 Å². The number of rotatable bonds is 6. The second-order valence-corrected chi connectivity index (χ2v) is 7.33. The highest BCUT2D eigenvalue weighted by atomic mass is 32.1. The average molecular weight is 403 g/mol. The molecule has 2 heterocycles. The normalized spacial score (nSPS) is 10.6. The Hall–Kier alpha value is -3.78. The lowest BCUT2D eigenvalue weighted by atomic mass is 10.1. The van der Waals surface area contributed by atoms with Gasteiger partial charge in [-0.25, -0.2) is 4.98 Å². The van der Waals surface area contributed by atoms with E-state index in [4.69, 9.17) is 5.73 Å². The maximum atomic E-state index is 12.3. The van der Waals surface area contributed by atoms with Crippen LogP contribution in [0.2, 0.25) is 0 Å². The van der Waals surface area contributed by atoms with Crippen LogP contribution >= 0.6 is 11.3 Å². The Kier molecular flexibility index (Phi) is 5.17. The molecule has 4 aromatic rings. The molecule has 0 aliphatic rings. The number of nitrogens with zero attached hydrogens (tertiary/aromatic N) is 2. The van der Waals surface area contributed by atoms with Crippen LogP contribution in [0.15, 0.2) is 67.0 Å². The molecule has 0 spiro atoms. The standard InChI is InChI=1S/C21H17N5O2S/c22-19(28)18-20(25-17(27)11-13-7-9-23-10-8-13)29-21(26-18)24-16-6-5-14-3-1-2-4-15(14)12-16/h1-10,12H,11H2,(H2,22,28)(H,24,26)(H,25,27). The molecule has 0 saturated carbocycles. The maximum Gasteiger partial charge on any atom is 0.270 e. The Morgan fingerprint density at radius 2 is 1.76 bits per heavy atom. The van der Waals surface area contributed by atoms with E-state index in [1.165, 1.54) is 0 Å². The second kappa shape index (κ2) is 8.07. The average Bonchev–Trinajstić information content (AvgIpc) is 3.11. The van der Waals surface area contributed by atoms with Crippen molar-refractivity contribution in [3.8, 4) is 0 Å². The summed E-state index contributed by atoms with van der Waals surface area (Å²) in [6.45, 7) is 0. The summed E-state index contributed by atoms with van der Waals surface area (Å²) in [5.74, 6) is -0.966. The number of thiazole rings is 1. The molecule has 0 bridgehead atoms. The molecule has 0 saturated heterocycles. The smallest absolute Gasteiger partial charge is 0.270 e. The number of benzene rings is 2. The van der Waals surface area contributed by atoms with Gasteiger partial charge in [-0.3, -0.25) is 14.6 Å². The monoisotopic (exact) mass is 403 g/mol. The van der Waals surface area contributed by atoms with Gasteiger partial charge in [-0.15, -0.1) is 0 Å². The summed E-state index contributed by atoms with van der Waals surface area (Å²) in [6.07, 6.45) is 3.40. The predicted molar refractivity (Wildman–Crippen MR) is 114 cm³/mol. The zero-order valence-electron chi connectivity index (χ0n) is 15.3. The number of fused-ring (bicyclic) bond motifs is 1. The molecular formula is C21H17N5O2S. The molecule has 7 nitrogen and oxygen atoms in total. The van der Waals surface area contributed by atoms with Gasteiger partial charge in [-0.1, -0.05) is 41.7 Å². The van der Waals surface area contributed by atoms with E-state index in [-0.39, 0.29) is 18.0 Å². The fraction of sp³-hybridized carbons (Fsp3) is 0.0476. The first-order chi connectivity index (χ1) is 14.1. The van der Waals surface area contributed by atoms with Crippen molar-refractivity contribution in [2.45, 2.75) is 6.42 Å². The molecule has 0 aliphatic heterocycles. The fourth-order valence-electron chi connectivity index (χ4n) is 2.87. The Labute approximate surface area is 170 Å². The summed E-state index contributed by atoms with van der Waals surface area (Å²) in [5.41, 5.74) is 7.11. The minimum atomic E-state index is -0.702. The summed E-state index contributed by atoms with van der Waals surface area (Å²) in [4.78, 5) is 32.3. The van der Waals surface area contributed by atoms with Crippen molar-refractivity contribution in [3.63, 3.8) is 0 Å². The van der Waals surface area contributed by atoms with Crippen LogP contribution in [0.1, 0.15) is 16.1 Å². The number of carbonyl (C=O) groups excluding carboxylic acids is 2. The molecule has 2 amide bonds. The molecule has 0 fully saturated rings. The fourth-order valence-corrected chi connectivity index (χ4v) is 3.78. The number of nitrogens with one attached hydrogen (secondary N) is 2. The quantitative estimate of drug-likeness (QED) is 0.454. The lowest BCUT2D eigenvalue weighted by Crippen LogP contribution is -2.18. The van der Waals surface area contributed by atoms with E-state index in [1.54, 1.807) is 24.5 Å². The minimum Gasteiger partial charge on any atom is -0.364 e. The molecule has 2 aromatic carbocycles. The number of amides is 2. The summed E-state index contributed by atoms with van der Waals surface area (Å²) in [7, 11) is 0. The lowest BCUT2D eigenvalue weighted by Gasteiger charge is -2.04.